The number of thiol groups is 1. The van der Waals surface area contributed by atoms with Gasteiger partial charge in [0.2, 0.25) is 17.7 Å². The minimum atomic E-state index is -1.24. The lowest BCUT2D eigenvalue weighted by Crippen LogP contribution is -2.56. The number of hydrogen-bond acceptors (Lipinski definition) is 7. The molecule has 13 heteroatoms. The third kappa shape index (κ3) is 7.77. The summed E-state index contributed by atoms with van der Waals surface area (Å²) in [5.41, 5.74) is 15.9. The Labute approximate surface area is 174 Å². The predicted molar refractivity (Wildman–Crippen MR) is 109 cm³/mol. The van der Waals surface area contributed by atoms with Crippen LogP contribution in [0.25, 0.3) is 0 Å². The number of aliphatic imine (C=N–C) groups is 1. The summed E-state index contributed by atoms with van der Waals surface area (Å²) < 4.78 is 0. The number of nitrogens with zero attached hydrogens (tertiary/aromatic N) is 2. The van der Waals surface area contributed by atoms with Gasteiger partial charge in [-0.1, -0.05) is 0 Å². The van der Waals surface area contributed by atoms with Gasteiger partial charge in [-0.25, -0.2) is 4.79 Å². The van der Waals surface area contributed by atoms with E-state index in [1.54, 1.807) is 0 Å². The van der Waals surface area contributed by atoms with Gasteiger partial charge in [0.15, 0.2) is 5.96 Å². The van der Waals surface area contributed by atoms with Crippen LogP contribution in [0.2, 0.25) is 0 Å². The number of carboxylic acid groups (broad SMARTS) is 1. The molecule has 0 aliphatic carbocycles. The van der Waals surface area contributed by atoms with Crippen molar-refractivity contribution in [3.05, 3.63) is 0 Å². The second kappa shape index (κ2) is 12.1. The number of rotatable bonds is 11. The van der Waals surface area contributed by atoms with Crippen LogP contribution in [-0.2, 0) is 19.2 Å². The molecule has 0 aromatic heterocycles. The number of carbonyl (C=O) groups excluding carboxylic acids is 3. The largest absolute Gasteiger partial charge is 0.480 e. The maximum Gasteiger partial charge on any atom is 0.327 e. The van der Waals surface area contributed by atoms with Crippen molar-refractivity contribution in [1.29, 1.82) is 0 Å². The number of carboxylic acids is 1. The fraction of sp³-hybridized carbons (Fsp3) is 0.688. The molecule has 3 unspecified atom stereocenters. The maximum absolute atomic E-state index is 12.7. The van der Waals surface area contributed by atoms with E-state index >= 15 is 0 Å². The average molecular weight is 432 g/mol. The van der Waals surface area contributed by atoms with E-state index in [1.165, 1.54) is 4.90 Å². The summed E-state index contributed by atoms with van der Waals surface area (Å²) in [6.07, 6.45) is 1.63. The van der Waals surface area contributed by atoms with E-state index in [0.29, 0.717) is 25.8 Å². The van der Waals surface area contributed by atoms with Gasteiger partial charge in [0, 0.05) is 18.8 Å². The third-order valence-electron chi connectivity index (χ3n) is 4.43. The lowest BCUT2D eigenvalue weighted by molar-refractivity contribution is -0.142. The van der Waals surface area contributed by atoms with E-state index in [4.69, 9.17) is 22.3 Å². The maximum atomic E-state index is 12.7. The zero-order chi connectivity index (χ0) is 22.0. The number of guanidine groups is 1. The van der Waals surface area contributed by atoms with E-state index in [9.17, 15) is 19.2 Å². The molecule has 0 aromatic rings. The highest BCUT2D eigenvalue weighted by Gasteiger charge is 2.35. The van der Waals surface area contributed by atoms with Crippen molar-refractivity contribution in [2.75, 3.05) is 25.4 Å². The Morgan fingerprint density at radius 2 is 1.90 bits per heavy atom. The van der Waals surface area contributed by atoms with Crippen molar-refractivity contribution < 1.29 is 24.3 Å². The number of amides is 3. The van der Waals surface area contributed by atoms with E-state index in [1.807, 2.05) is 0 Å². The minimum absolute atomic E-state index is 0.0991. The Balaban J connectivity index is 2.84. The molecule has 0 radical (unpaired) electrons. The molecule has 1 heterocycles. The number of carbonyl (C=O) groups is 4. The summed E-state index contributed by atoms with van der Waals surface area (Å²) in [6.45, 7) is 0.433. The van der Waals surface area contributed by atoms with Gasteiger partial charge in [0.25, 0.3) is 0 Å². The second-order valence-corrected chi connectivity index (χ2v) is 6.91. The monoisotopic (exact) mass is 431 g/mol. The standard InChI is InChI=1S/C16H29N7O5S/c17-7-12(24)23-6-2-4-11(23)14(26)21-9(3-1-5-20-16(18)19)13(25)22-10(8-29)15(27)28/h9-11,29H,1-8,17H2,(H,21,26)(H,22,25)(H,27,28)(H4,18,19,20). The molecule has 29 heavy (non-hydrogen) atoms. The first-order valence-electron chi connectivity index (χ1n) is 9.20. The highest BCUT2D eigenvalue weighted by atomic mass is 32.1. The Morgan fingerprint density at radius 1 is 1.21 bits per heavy atom. The summed E-state index contributed by atoms with van der Waals surface area (Å²) >= 11 is 3.91. The summed E-state index contributed by atoms with van der Waals surface area (Å²) in [5.74, 6) is -2.97. The molecule has 0 aromatic carbocycles. The highest BCUT2D eigenvalue weighted by Crippen LogP contribution is 2.17. The lowest BCUT2D eigenvalue weighted by Gasteiger charge is -2.26. The molecule has 0 saturated carbocycles. The number of aliphatic carboxylic acids is 1. The first kappa shape index (κ1) is 24.5. The SMILES string of the molecule is NCC(=O)N1CCCC1C(=O)NC(CCCN=C(N)N)C(=O)NC(CS)C(=O)O. The summed E-state index contributed by atoms with van der Waals surface area (Å²) in [4.78, 5) is 53.5. The second-order valence-electron chi connectivity index (χ2n) is 6.54. The fourth-order valence-corrected chi connectivity index (χ4v) is 3.20. The first-order valence-corrected chi connectivity index (χ1v) is 9.83. The smallest absolute Gasteiger partial charge is 0.327 e. The van der Waals surface area contributed by atoms with Crippen LogP contribution in [0.4, 0.5) is 0 Å². The number of likely N-dealkylation sites (tertiary alicyclic amines) is 1. The number of nitrogens with two attached hydrogens (primary N) is 3. The Morgan fingerprint density at radius 3 is 2.45 bits per heavy atom. The molecule has 0 spiro atoms. The van der Waals surface area contributed by atoms with Crippen molar-refractivity contribution in [2.45, 2.75) is 43.8 Å². The van der Waals surface area contributed by atoms with Crippen LogP contribution in [0.3, 0.4) is 0 Å². The molecule has 1 saturated heterocycles. The Kier molecular flexibility index (Phi) is 10.2. The van der Waals surface area contributed by atoms with Crippen LogP contribution in [-0.4, -0.2) is 83.2 Å². The van der Waals surface area contributed by atoms with E-state index in [0.717, 1.165) is 0 Å². The van der Waals surface area contributed by atoms with Gasteiger partial charge in [-0.3, -0.25) is 19.4 Å². The molecule has 12 nitrogen and oxygen atoms in total. The number of nitrogens with one attached hydrogen (secondary N) is 2. The van der Waals surface area contributed by atoms with Crippen LogP contribution >= 0.6 is 12.6 Å². The Hall–Kier alpha value is -2.54. The van der Waals surface area contributed by atoms with Crippen LogP contribution < -0.4 is 27.8 Å². The Bertz CT molecular complexity index is 641. The van der Waals surface area contributed by atoms with Gasteiger partial charge in [-0.15, -0.1) is 0 Å². The molecule has 3 amide bonds. The molecular formula is C16H29N7O5S. The zero-order valence-corrected chi connectivity index (χ0v) is 16.9. The van der Waals surface area contributed by atoms with Gasteiger partial charge < -0.3 is 37.8 Å². The van der Waals surface area contributed by atoms with Gasteiger partial charge in [-0.05, 0) is 25.7 Å². The molecule has 1 fully saturated rings. The van der Waals surface area contributed by atoms with Crippen molar-refractivity contribution in [3.63, 3.8) is 0 Å². The summed E-state index contributed by atoms with van der Waals surface area (Å²) in [7, 11) is 0. The predicted octanol–water partition coefficient (Wildman–Crippen LogP) is -3.03. The van der Waals surface area contributed by atoms with E-state index < -0.39 is 35.9 Å². The quantitative estimate of drug-likeness (QED) is 0.0773. The van der Waals surface area contributed by atoms with Crippen molar-refractivity contribution in [3.8, 4) is 0 Å². The summed E-state index contributed by atoms with van der Waals surface area (Å²) in [6, 6.07) is -2.95. The molecule has 1 rings (SSSR count). The first-order chi connectivity index (χ1) is 13.7. The minimum Gasteiger partial charge on any atom is -0.480 e. The molecule has 9 N–H and O–H groups in total. The van der Waals surface area contributed by atoms with Crippen LogP contribution in [0.1, 0.15) is 25.7 Å². The molecule has 1 aliphatic rings. The average Bonchev–Trinajstić information content (AvgIpc) is 3.16. The third-order valence-corrected chi connectivity index (χ3v) is 4.79. The normalized spacial score (nSPS) is 17.9. The van der Waals surface area contributed by atoms with Crippen molar-refractivity contribution in [1.82, 2.24) is 15.5 Å². The van der Waals surface area contributed by atoms with Crippen LogP contribution in [0, 0.1) is 0 Å². The van der Waals surface area contributed by atoms with Gasteiger partial charge in [-0.2, -0.15) is 12.6 Å². The van der Waals surface area contributed by atoms with Gasteiger partial charge in [0.1, 0.15) is 18.1 Å². The molecule has 164 valence electrons. The lowest BCUT2D eigenvalue weighted by atomic mass is 10.1. The fourth-order valence-electron chi connectivity index (χ4n) is 2.95. The van der Waals surface area contributed by atoms with E-state index in [2.05, 4.69) is 28.3 Å². The molecule has 0 bridgehead atoms. The van der Waals surface area contributed by atoms with Crippen LogP contribution in [0.15, 0.2) is 4.99 Å². The highest BCUT2D eigenvalue weighted by molar-refractivity contribution is 7.80. The van der Waals surface area contributed by atoms with Crippen molar-refractivity contribution in [2.24, 2.45) is 22.2 Å². The molecule has 3 atom stereocenters. The van der Waals surface area contributed by atoms with Gasteiger partial charge >= 0.3 is 5.97 Å². The number of hydrogen-bond donors (Lipinski definition) is 7. The van der Waals surface area contributed by atoms with Gasteiger partial charge in [0.05, 0.1) is 6.54 Å². The van der Waals surface area contributed by atoms with Crippen LogP contribution in [0.5, 0.6) is 0 Å². The van der Waals surface area contributed by atoms with E-state index in [-0.39, 0.29) is 37.1 Å². The topological polar surface area (TPSA) is 206 Å². The molecule has 1 aliphatic heterocycles. The van der Waals surface area contributed by atoms with Crippen molar-refractivity contribution >= 4 is 42.3 Å². The molecular weight excluding hydrogens is 402 g/mol. The summed E-state index contributed by atoms with van der Waals surface area (Å²) in [5, 5.41) is 14.1. The zero-order valence-electron chi connectivity index (χ0n) is 16.0.